The predicted molar refractivity (Wildman–Crippen MR) is 41.8 cm³/mol. The Labute approximate surface area is 73.6 Å². The van der Waals surface area contributed by atoms with E-state index in [0.29, 0.717) is 0 Å². The van der Waals surface area contributed by atoms with Gasteiger partial charge < -0.3 is 5.73 Å². The number of aromatic nitrogens is 1. The molecule has 0 aromatic carbocycles. The van der Waals surface area contributed by atoms with E-state index in [9.17, 15) is 13.2 Å². The minimum Gasteiger partial charge on any atom is -0.325 e. The third-order valence-electron chi connectivity index (χ3n) is 1.75. The standard InChI is InChI=1S/C8H9F3N2/c1-4-6(7(9)10)2-5(3-12)13-8(4)11/h2,7H,3,12H2,1H3. The van der Waals surface area contributed by atoms with Crippen molar-refractivity contribution >= 4 is 0 Å². The smallest absolute Gasteiger partial charge is 0.264 e. The fourth-order valence-electron chi connectivity index (χ4n) is 0.980. The van der Waals surface area contributed by atoms with Crippen LogP contribution in [0, 0.1) is 12.9 Å². The lowest BCUT2D eigenvalue weighted by molar-refractivity contribution is 0.149. The molecule has 13 heavy (non-hydrogen) atoms. The van der Waals surface area contributed by atoms with Crippen molar-refractivity contribution in [3.63, 3.8) is 0 Å². The molecule has 0 aliphatic heterocycles. The zero-order valence-electron chi connectivity index (χ0n) is 7.02. The second kappa shape index (κ2) is 3.74. The molecule has 0 aliphatic rings. The molecule has 5 heteroatoms. The van der Waals surface area contributed by atoms with Crippen molar-refractivity contribution in [2.75, 3.05) is 0 Å². The van der Waals surface area contributed by atoms with Gasteiger partial charge in [-0.15, -0.1) is 0 Å². The maximum Gasteiger partial charge on any atom is 0.264 e. The Morgan fingerprint density at radius 3 is 2.62 bits per heavy atom. The van der Waals surface area contributed by atoms with Crippen molar-refractivity contribution in [2.24, 2.45) is 5.73 Å². The van der Waals surface area contributed by atoms with Crippen LogP contribution in [0.25, 0.3) is 0 Å². The molecule has 0 spiro atoms. The van der Waals surface area contributed by atoms with E-state index in [2.05, 4.69) is 4.98 Å². The first-order valence-corrected chi connectivity index (χ1v) is 3.70. The van der Waals surface area contributed by atoms with Crippen LogP contribution in [0.4, 0.5) is 13.2 Å². The highest BCUT2D eigenvalue weighted by molar-refractivity contribution is 5.27. The number of pyridine rings is 1. The summed E-state index contributed by atoms with van der Waals surface area (Å²) in [6.45, 7) is 1.22. The molecule has 1 rings (SSSR count). The van der Waals surface area contributed by atoms with Crippen molar-refractivity contribution in [3.05, 3.63) is 28.8 Å². The first-order chi connectivity index (χ1) is 6.06. The molecule has 0 amide bonds. The molecule has 0 aliphatic carbocycles. The topological polar surface area (TPSA) is 38.9 Å². The van der Waals surface area contributed by atoms with Gasteiger partial charge in [0.1, 0.15) is 0 Å². The van der Waals surface area contributed by atoms with E-state index < -0.39 is 12.4 Å². The molecule has 1 heterocycles. The third kappa shape index (κ3) is 1.98. The Morgan fingerprint density at radius 2 is 2.15 bits per heavy atom. The minimum absolute atomic E-state index is 0.0447. The summed E-state index contributed by atoms with van der Waals surface area (Å²) in [4.78, 5) is 3.41. The quantitative estimate of drug-likeness (QED) is 0.723. The summed E-state index contributed by atoms with van der Waals surface area (Å²) in [5.74, 6) is -0.877. The zero-order valence-corrected chi connectivity index (χ0v) is 7.02. The molecule has 0 saturated heterocycles. The van der Waals surface area contributed by atoms with Crippen LogP contribution in [0.2, 0.25) is 0 Å². The van der Waals surface area contributed by atoms with Gasteiger partial charge in [0, 0.05) is 17.7 Å². The van der Waals surface area contributed by atoms with Crippen LogP contribution in [0.3, 0.4) is 0 Å². The Kier molecular flexibility index (Phi) is 2.87. The van der Waals surface area contributed by atoms with Crippen LogP contribution in [0.5, 0.6) is 0 Å². The number of hydrogen-bond acceptors (Lipinski definition) is 2. The first kappa shape index (κ1) is 9.98. The van der Waals surface area contributed by atoms with Gasteiger partial charge in [-0.3, -0.25) is 0 Å². The summed E-state index contributed by atoms with van der Waals surface area (Å²) in [6, 6.07) is 1.13. The lowest BCUT2D eigenvalue weighted by Gasteiger charge is -2.06. The highest BCUT2D eigenvalue weighted by atomic mass is 19.3. The average Bonchev–Trinajstić information content (AvgIpc) is 2.09. The third-order valence-corrected chi connectivity index (χ3v) is 1.75. The van der Waals surface area contributed by atoms with Crippen LogP contribution >= 0.6 is 0 Å². The molecule has 2 nitrogen and oxygen atoms in total. The number of hydrogen-bond donors (Lipinski definition) is 1. The van der Waals surface area contributed by atoms with E-state index in [4.69, 9.17) is 5.73 Å². The van der Waals surface area contributed by atoms with E-state index in [1.807, 2.05) is 0 Å². The van der Waals surface area contributed by atoms with Crippen LogP contribution in [-0.2, 0) is 6.54 Å². The number of nitrogens with two attached hydrogens (primary N) is 1. The SMILES string of the molecule is Cc1c(C(F)F)cc(CN)nc1F. The number of rotatable bonds is 2. The fourth-order valence-corrected chi connectivity index (χ4v) is 0.980. The molecule has 0 fully saturated rings. The molecule has 0 atom stereocenters. The molecule has 2 N–H and O–H groups in total. The molecule has 72 valence electrons. The second-order valence-electron chi connectivity index (χ2n) is 2.62. The number of alkyl halides is 2. The number of halogens is 3. The van der Waals surface area contributed by atoms with Gasteiger partial charge in [-0.1, -0.05) is 0 Å². The predicted octanol–water partition coefficient (Wildman–Crippen LogP) is 1.93. The zero-order chi connectivity index (χ0) is 10.0. The lowest BCUT2D eigenvalue weighted by Crippen LogP contribution is -2.05. The van der Waals surface area contributed by atoms with E-state index in [1.165, 1.54) is 6.92 Å². The van der Waals surface area contributed by atoms with Gasteiger partial charge in [0.2, 0.25) is 5.95 Å². The van der Waals surface area contributed by atoms with Crippen molar-refractivity contribution in [2.45, 2.75) is 19.9 Å². The van der Waals surface area contributed by atoms with E-state index >= 15 is 0 Å². The largest absolute Gasteiger partial charge is 0.325 e. The summed E-state index contributed by atoms with van der Waals surface area (Å²) in [5, 5.41) is 0. The summed E-state index contributed by atoms with van der Waals surface area (Å²) in [5.41, 5.74) is 4.84. The fraction of sp³-hybridized carbons (Fsp3) is 0.375. The Hall–Kier alpha value is -1.10. The van der Waals surface area contributed by atoms with Crippen LogP contribution in [0.15, 0.2) is 6.07 Å². The maximum absolute atomic E-state index is 12.9. The summed E-state index contributed by atoms with van der Waals surface area (Å²) >= 11 is 0. The summed E-state index contributed by atoms with van der Waals surface area (Å²) < 4.78 is 37.5. The van der Waals surface area contributed by atoms with Gasteiger partial charge in [0.25, 0.3) is 6.43 Å². The average molecular weight is 190 g/mol. The van der Waals surface area contributed by atoms with Crippen molar-refractivity contribution < 1.29 is 13.2 Å². The van der Waals surface area contributed by atoms with Crippen molar-refractivity contribution in [1.29, 1.82) is 0 Å². The van der Waals surface area contributed by atoms with Crippen LogP contribution in [0.1, 0.15) is 23.2 Å². The Morgan fingerprint density at radius 1 is 1.54 bits per heavy atom. The van der Waals surface area contributed by atoms with Crippen molar-refractivity contribution in [3.8, 4) is 0 Å². The first-order valence-electron chi connectivity index (χ1n) is 3.70. The van der Waals surface area contributed by atoms with Crippen LogP contribution < -0.4 is 5.73 Å². The van der Waals surface area contributed by atoms with E-state index in [0.717, 1.165) is 6.07 Å². The number of nitrogens with zero attached hydrogens (tertiary/aromatic N) is 1. The van der Waals surface area contributed by atoms with Gasteiger partial charge in [0.15, 0.2) is 0 Å². The van der Waals surface area contributed by atoms with Gasteiger partial charge in [-0.05, 0) is 13.0 Å². The Balaban J connectivity index is 3.25. The molecule has 1 aromatic heterocycles. The molecule has 0 saturated carbocycles. The van der Waals surface area contributed by atoms with Crippen molar-refractivity contribution in [1.82, 2.24) is 4.98 Å². The summed E-state index contributed by atoms with van der Waals surface area (Å²) in [6.07, 6.45) is -2.69. The highest BCUT2D eigenvalue weighted by Gasteiger charge is 2.15. The minimum atomic E-state index is -2.69. The van der Waals surface area contributed by atoms with E-state index in [1.54, 1.807) is 0 Å². The van der Waals surface area contributed by atoms with Gasteiger partial charge >= 0.3 is 0 Å². The lowest BCUT2D eigenvalue weighted by atomic mass is 10.1. The van der Waals surface area contributed by atoms with Crippen LogP contribution in [-0.4, -0.2) is 4.98 Å². The molecule has 0 bridgehead atoms. The molecule has 0 radical (unpaired) electrons. The Bertz CT molecular complexity index is 313. The molecular weight excluding hydrogens is 181 g/mol. The molecule has 1 aromatic rings. The highest BCUT2D eigenvalue weighted by Crippen LogP contribution is 2.24. The molecular formula is C8H9F3N2. The summed E-state index contributed by atoms with van der Waals surface area (Å²) in [7, 11) is 0. The van der Waals surface area contributed by atoms with E-state index in [-0.39, 0.29) is 23.4 Å². The second-order valence-corrected chi connectivity index (χ2v) is 2.62. The molecule has 0 unspecified atom stereocenters. The van der Waals surface area contributed by atoms with Gasteiger partial charge in [0.05, 0.1) is 5.69 Å². The van der Waals surface area contributed by atoms with Gasteiger partial charge in [-0.25, -0.2) is 13.8 Å². The monoisotopic (exact) mass is 190 g/mol. The maximum atomic E-state index is 12.9. The normalized spacial score (nSPS) is 10.9. The van der Waals surface area contributed by atoms with Gasteiger partial charge in [-0.2, -0.15) is 4.39 Å².